The van der Waals surface area contributed by atoms with Gasteiger partial charge in [0.1, 0.15) is 18.0 Å². The first-order valence-electron chi connectivity index (χ1n) is 14.6. The molecule has 0 saturated carbocycles. The van der Waals surface area contributed by atoms with E-state index in [2.05, 4.69) is 49.8 Å². The van der Waals surface area contributed by atoms with Crippen LogP contribution in [0.25, 0.3) is 5.69 Å². The van der Waals surface area contributed by atoms with Gasteiger partial charge in [-0.05, 0) is 76.4 Å². The summed E-state index contributed by atoms with van der Waals surface area (Å²) in [5.74, 6) is -1.90. The lowest BCUT2D eigenvalue weighted by molar-refractivity contribution is 0.0283. The van der Waals surface area contributed by atoms with Crippen molar-refractivity contribution in [2.75, 3.05) is 23.8 Å². The smallest absolute Gasteiger partial charge is 0.368 e. The lowest BCUT2D eigenvalue weighted by Crippen LogP contribution is -2.55. The molecule has 0 spiro atoms. The molecule has 4 heterocycles. The van der Waals surface area contributed by atoms with E-state index in [1.165, 1.54) is 13.8 Å². The van der Waals surface area contributed by atoms with Gasteiger partial charge >= 0.3 is 5.69 Å². The van der Waals surface area contributed by atoms with E-state index in [1.807, 2.05) is 0 Å². The summed E-state index contributed by atoms with van der Waals surface area (Å²) in [6.07, 6.45) is 4.81. The van der Waals surface area contributed by atoms with Crippen molar-refractivity contribution >= 4 is 17.5 Å². The molecule has 0 amide bonds. The summed E-state index contributed by atoms with van der Waals surface area (Å²) >= 11 is 0. The molecule has 2 aliphatic heterocycles. The zero-order valence-corrected chi connectivity index (χ0v) is 22.8. The average molecular weight is 563 g/mol. The van der Waals surface area contributed by atoms with Gasteiger partial charge < -0.3 is 20.5 Å². The Morgan fingerprint density at radius 1 is 1.27 bits per heavy atom. The first-order chi connectivity index (χ1) is 20.0. The van der Waals surface area contributed by atoms with Gasteiger partial charge in [-0.2, -0.15) is 14.3 Å². The molecule has 12 nitrogen and oxygen atoms in total. The highest BCUT2D eigenvalue weighted by Crippen LogP contribution is 2.38. The number of anilines is 3. The molecule has 14 heteroatoms. The Bertz CT molecular complexity index is 1560. The molecule has 2 atom stereocenters. The Morgan fingerprint density at radius 3 is 2.80 bits per heavy atom. The molecule has 2 saturated heterocycles. The highest BCUT2D eigenvalue weighted by atomic mass is 19.1. The second-order valence-electron chi connectivity index (χ2n) is 11.6. The molecular weight excluding hydrogens is 524 g/mol. The number of aliphatic hydroxyl groups is 1. The lowest BCUT2D eigenvalue weighted by atomic mass is 9.84. The van der Waals surface area contributed by atoms with Crippen LogP contribution in [0.4, 0.5) is 26.2 Å². The number of ether oxygens (including phenoxy) is 1. The largest absolute Gasteiger partial charge is 0.488 e. The van der Waals surface area contributed by atoms with E-state index >= 15 is 4.39 Å². The average Bonchev–Trinajstić information content (AvgIpc) is 3.52. The highest BCUT2D eigenvalue weighted by molar-refractivity contribution is 5.63. The first kappa shape index (κ1) is 24.2. The first-order valence-corrected chi connectivity index (χ1v) is 13.1. The Morgan fingerprint density at radius 2 is 2.08 bits per heavy atom. The second-order valence-corrected chi connectivity index (χ2v) is 11.6. The third kappa shape index (κ3) is 5.77. The second kappa shape index (κ2) is 10.4. The van der Waals surface area contributed by atoms with E-state index in [0.717, 1.165) is 50.6 Å². The topological polar surface area (TPSA) is 135 Å². The van der Waals surface area contributed by atoms with E-state index in [4.69, 9.17) is 8.85 Å². The number of aryl methyl sites for hydroxylation is 1. The molecule has 1 aromatic carbocycles. The Kier molecular flexibility index (Phi) is 6.28. The molecule has 3 N–H and O–H groups in total. The molecule has 5 rings (SSSR count). The molecule has 216 valence electrons. The summed E-state index contributed by atoms with van der Waals surface area (Å²) in [6.45, 7) is 5.13. The minimum atomic E-state index is -2.92. The SMILES string of the molecule is [2H]C([2H])([2H])n1nnn(-c2cc(Nc3ncc(F)c(N[C@@H]4C[C@@H]5CCCN5C(C)(C)C4)n3)c(F)cc2OCC(C)(C)O)c1=O. The number of rotatable bonds is 8. The van der Waals surface area contributed by atoms with Gasteiger partial charge in [-0.1, -0.05) is 0 Å². The predicted octanol–water partition coefficient (Wildman–Crippen LogP) is 2.74. The van der Waals surface area contributed by atoms with Gasteiger partial charge in [0.05, 0.1) is 17.5 Å². The van der Waals surface area contributed by atoms with Crippen LogP contribution in [0.3, 0.4) is 0 Å². The monoisotopic (exact) mass is 562 g/mol. The Labute approximate surface area is 234 Å². The summed E-state index contributed by atoms with van der Waals surface area (Å²) in [5.41, 5.74) is -2.92. The van der Waals surface area contributed by atoms with Crippen LogP contribution in [0.2, 0.25) is 0 Å². The van der Waals surface area contributed by atoms with Gasteiger partial charge in [-0.25, -0.2) is 18.6 Å². The van der Waals surface area contributed by atoms with Crippen molar-refractivity contribution < 1.29 is 22.7 Å². The number of hydrogen-bond donors (Lipinski definition) is 3. The molecule has 2 fully saturated rings. The van der Waals surface area contributed by atoms with Gasteiger partial charge in [0.15, 0.2) is 17.5 Å². The molecule has 0 radical (unpaired) electrons. The number of benzene rings is 1. The van der Waals surface area contributed by atoms with Crippen molar-refractivity contribution in [1.29, 1.82) is 0 Å². The van der Waals surface area contributed by atoms with E-state index in [9.17, 15) is 14.3 Å². The Hall–Kier alpha value is -3.65. The van der Waals surface area contributed by atoms with Crippen LogP contribution in [-0.2, 0) is 6.98 Å². The maximum atomic E-state index is 15.3. The molecule has 40 heavy (non-hydrogen) atoms. The molecule has 0 aliphatic carbocycles. The van der Waals surface area contributed by atoms with Crippen molar-refractivity contribution in [2.24, 2.45) is 6.98 Å². The molecule has 0 unspecified atom stereocenters. The van der Waals surface area contributed by atoms with E-state index < -0.39 is 29.9 Å². The number of tetrazole rings is 1. The van der Waals surface area contributed by atoms with Crippen molar-refractivity contribution in [1.82, 2.24) is 34.7 Å². The fraction of sp³-hybridized carbons (Fsp3) is 0.577. The van der Waals surface area contributed by atoms with Crippen LogP contribution in [0.5, 0.6) is 5.75 Å². The van der Waals surface area contributed by atoms with Crippen LogP contribution < -0.4 is 21.1 Å². The summed E-state index contributed by atoms with van der Waals surface area (Å²) in [5, 5.41) is 23.1. The summed E-state index contributed by atoms with van der Waals surface area (Å²) in [6, 6.07) is 2.44. The van der Waals surface area contributed by atoms with Gasteiger partial charge in [0, 0.05) is 34.8 Å². The van der Waals surface area contributed by atoms with Crippen LogP contribution in [0.15, 0.2) is 23.1 Å². The third-order valence-electron chi connectivity index (χ3n) is 7.23. The number of halogens is 2. The van der Waals surface area contributed by atoms with E-state index in [-0.39, 0.29) is 51.8 Å². The maximum Gasteiger partial charge on any atom is 0.368 e. The van der Waals surface area contributed by atoms with Gasteiger partial charge in [0.25, 0.3) is 0 Å². The van der Waals surface area contributed by atoms with Gasteiger partial charge in [0.2, 0.25) is 5.95 Å². The number of nitrogens with one attached hydrogen (secondary N) is 2. The maximum absolute atomic E-state index is 15.3. The van der Waals surface area contributed by atoms with Crippen LogP contribution in [-0.4, -0.2) is 76.1 Å². The van der Waals surface area contributed by atoms with Crippen LogP contribution in [0.1, 0.15) is 57.5 Å². The predicted molar refractivity (Wildman–Crippen MR) is 144 cm³/mol. The number of fused-ring (bicyclic) bond motifs is 1. The van der Waals surface area contributed by atoms with E-state index in [0.29, 0.717) is 10.7 Å². The normalized spacial score (nSPS) is 22.2. The number of hydrogen-bond acceptors (Lipinski definition) is 10. The molecule has 3 aromatic rings. The quantitative estimate of drug-likeness (QED) is 0.376. The minimum absolute atomic E-state index is 0.0325. The summed E-state index contributed by atoms with van der Waals surface area (Å²) in [7, 11) is 0. The van der Waals surface area contributed by atoms with Gasteiger partial charge in [-0.3, -0.25) is 4.90 Å². The fourth-order valence-corrected chi connectivity index (χ4v) is 5.53. The summed E-state index contributed by atoms with van der Waals surface area (Å²) in [4.78, 5) is 23.6. The molecule has 2 aliphatic rings. The third-order valence-corrected chi connectivity index (χ3v) is 7.23. The van der Waals surface area contributed by atoms with Crippen molar-refractivity contribution in [3.63, 3.8) is 0 Å². The number of piperidine rings is 1. The summed E-state index contributed by atoms with van der Waals surface area (Å²) < 4.78 is 59.1. The molecule has 0 bridgehead atoms. The fourth-order valence-electron chi connectivity index (χ4n) is 5.53. The lowest BCUT2D eigenvalue weighted by Gasteiger charge is -2.47. The van der Waals surface area contributed by atoms with Crippen molar-refractivity contribution in [2.45, 2.75) is 76.6 Å². The van der Waals surface area contributed by atoms with Crippen LogP contribution in [0, 0.1) is 11.6 Å². The number of aromatic nitrogens is 6. The molecule has 2 aromatic heterocycles. The standard InChI is InChI=1S/C26H35F2N9O3/c1-25(2)12-15(9-16-7-6-8-36(16)25)30-22-18(28)13-29-23(32-22)31-19-11-20(37-24(38)35(5)33-34-37)21(10-17(19)27)40-14-26(3,4)39/h10-11,13,15-16,39H,6-9,12,14H2,1-5H3,(H2,29,30,31,32)/t15-,16+/m1/s1/i5D3. The van der Waals surface area contributed by atoms with Crippen molar-refractivity contribution in [3.05, 3.63) is 40.4 Å². The Balaban J connectivity index is 1.45. The van der Waals surface area contributed by atoms with Gasteiger partial charge in [-0.15, -0.1) is 0 Å². The minimum Gasteiger partial charge on any atom is -0.488 e. The highest BCUT2D eigenvalue weighted by Gasteiger charge is 2.43. The number of nitrogens with zero attached hydrogens (tertiary/aromatic N) is 7. The van der Waals surface area contributed by atoms with E-state index in [1.54, 1.807) is 0 Å². The zero-order valence-electron chi connectivity index (χ0n) is 25.8. The van der Waals surface area contributed by atoms with Crippen LogP contribution >= 0.6 is 0 Å². The zero-order chi connectivity index (χ0) is 31.3. The van der Waals surface area contributed by atoms with Crippen molar-refractivity contribution in [3.8, 4) is 11.4 Å². The molecular formula is C26H35F2N9O3.